The van der Waals surface area contributed by atoms with E-state index in [1.165, 1.54) is 22.5 Å². The molecule has 0 aliphatic carbocycles. The largest absolute Gasteiger partial charge is 0.492 e. The van der Waals surface area contributed by atoms with Gasteiger partial charge in [-0.25, -0.2) is 0 Å². The summed E-state index contributed by atoms with van der Waals surface area (Å²) in [4.78, 5) is 8.01. The third-order valence-corrected chi connectivity index (χ3v) is 10.1. The van der Waals surface area contributed by atoms with Crippen LogP contribution in [0.1, 0.15) is 0 Å². The van der Waals surface area contributed by atoms with Crippen LogP contribution in [0.3, 0.4) is 0 Å². The summed E-state index contributed by atoms with van der Waals surface area (Å²) in [5.41, 5.74) is 4.45. The number of ether oxygens (including phenoxy) is 2. The Bertz CT molecular complexity index is 1960. The van der Waals surface area contributed by atoms with E-state index in [2.05, 4.69) is 90.7 Å². The highest BCUT2D eigenvalue weighted by molar-refractivity contribution is 9.10. The van der Waals surface area contributed by atoms with Crippen LogP contribution < -0.4 is 15.3 Å². The third-order valence-electron chi connectivity index (χ3n) is 7.94. The van der Waals surface area contributed by atoms with Gasteiger partial charge in [0.05, 0.1) is 37.6 Å². The summed E-state index contributed by atoms with van der Waals surface area (Å²) in [6.07, 6.45) is 3.19. The highest BCUT2D eigenvalue weighted by Gasteiger charge is 2.17. The molecule has 2 aliphatic rings. The predicted octanol–water partition coefficient (Wildman–Crippen LogP) is 7.87. The average Bonchev–Trinajstić information content (AvgIpc) is 3.74. The van der Waals surface area contributed by atoms with Crippen LogP contribution in [-0.2, 0) is 9.47 Å². The summed E-state index contributed by atoms with van der Waals surface area (Å²) < 4.78 is 23.7. The first-order valence-corrected chi connectivity index (χ1v) is 18.6. The van der Waals surface area contributed by atoms with Crippen molar-refractivity contribution in [2.45, 2.75) is 14.7 Å². The van der Waals surface area contributed by atoms with Gasteiger partial charge in [-0.05, 0) is 54.6 Å². The molecule has 4 heterocycles. The fourth-order valence-corrected chi connectivity index (χ4v) is 8.09. The number of morpholine rings is 2. The number of hydrogen-bond acceptors (Lipinski definition) is 10. The zero-order valence-corrected chi connectivity index (χ0v) is 31.4. The molecule has 2 aromatic heterocycles. The van der Waals surface area contributed by atoms with Crippen molar-refractivity contribution >= 4 is 102 Å². The Morgan fingerprint density at radius 3 is 1.80 bits per heavy atom. The van der Waals surface area contributed by atoms with Gasteiger partial charge in [-0.3, -0.25) is 0 Å². The number of nitrogens with zero attached hydrogens (tertiary/aromatic N) is 2. The Morgan fingerprint density at radius 1 is 0.653 bits per heavy atom. The van der Waals surface area contributed by atoms with E-state index >= 15 is 0 Å². The molecular formula is C36H35BBr2N2O6S2. The monoisotopic (exact) mass is 824 g/mol. The molecular weight excluding hydrogens is 791 g/mol. The highest BCUT2D eigenvalue weighted by Crippen LogP contribution is 2.38. The number of anilines is 2. The molecule has 2 saturated heterocycles. The summed E-state index contributed by atoms with van der Waals surface area (Å²) in [5.74, 6) is 0. The van der Waals surface area contributed by atoms with E-state index in [4.69, 9.17) is 28.4 Å². The molecule has 0 unspecified atom stereocenters. The van der Waals surface area contributed by atoms with Crippen molar-refractivity contribution in [3.63, 3.8) is 0 Å². The van der Waals surface area contributed by atoms with Crippen molar-refractivity contribution in [2.24, 2.45) is 0 Å². The van der Waals surface area contributed by atoms with Crippen molar-refractivity contribution in [3.05, 3.63) is 106 Å². The maximum absolute atomic E-state index is 8.91. The Labute approximate surface area is 312 Å². The molecule has 0 atom stereocenters. The van der Waals surface area contributed by atoms with Gasteiger partial charge >= 0.3 is 7.12 Å². The van der Waals surface area contributed by atoms with Gasteiger partial charge in [0.2, 0.25) is 0 Å². The minimum Gasteiger partial charge on any atom is -0.465 e. The van der Waals surface area contributed by atoms with Crippen LogP contribution in [0.15, 0.2) is 130 Å². The van der Waals surface area contributed by atoms with Gasteiger partial charge in [0, 0.05) is 72.5 Å². The number of benzene rings is 4. The molecule has 0 radical (unpaired) electrons. The predicted molar refractivity (Wildman–Crippen MR) is 208 cm³/mol. The molecule has 2 fully saturated rings. The maximum atomic E-state index is 8.91. The van der Waals surface area contributed by atoms with E-state index in [0.29, 0.717) is 11.0 Å². The SMILES string of the molecule is Brc1cc(Sc2coc3ccccc23)cc(N2CCOCC2)c1.OB(O)c1coc2ccccc12.Sc1cc(Br)cc(N2CCOCC2)c1. The Balaban J connectivity index is 0.000000137. The van der Waals surface area contributed by atoms with Crippen molar-refractivity contribution < 1.29 is 28.4 Å². The molecule has 8 rings (SSSR count). The first-order chi connectivity index (χ1) is 23.8. The van der Waals surface area contributed by atoms with Gasteiger partial charge in [0.15, 0.2) is 0 Å². The van der Waals surface area contributed by atoms with Gasteiger partial charge in [-0.1, -0.05) is 74.0 Å². The zero-order chi connectivity index (χ0) is 34.2. The number of fused-ring (bicyclic) bond motifs is 2. The minimum atomic E-state index is -1.46. The summed E-state index contributed by atoms with van der Waals surface area (Å²) in [6.45, 7) is 7.02. The Morgan fingerprint density at radius 2 is 1.18 bits per heavy atom. The van der Waals surface area contributed by atoms with E-state index in [0.717, 1.165) is 87.7 Å². The second kappa shape index (κ2) is 17.4. The minimum absolute atomic E-state index is 0.408. The van der Waals surface area contributed by atoms with Crippen molar-refractivity contribution in [1.29, 1.82) is 0 Å². The zero-order valence-electron chi connectivity index (χ0n) is 26.5. The molecule has 2 N–H and O–H groups in total. The van der Waals surface area contributed by atoms with Crippen LogP contribution >= 0.6 is 56.3 Å². The van der Waals surface area contributed by atoms with Gasteiger partial charge in [-0.15, -0.1) is 12.6 Å². The van der Waals surface area contributed by atoms with Crippen LogP contribution in [0.25, 0.3) is 21.9 Å². The second-order valence-corrected chi connectivity index (χ2v) is 14.7. The lowest BCUT2D eigenvalue weighted by Crippen LogP contribution is -2.36. The van der Waals surface area contributed by atoms with Crippen LogP contribution in [0, 0.1) is 0 Å². The lowest BCUT2D eigenvalue weighted by molar-refractivity contribution is 0.122. The number of halogens is 2. The molecule has 2 aliphatic heterocycles. The Hall–Kier alpha value is -2.88. The van der Waals surface area contributed by atoms with E-state index in [1.807, 2.05) is 42.7 Å². The fourth-order valence-electron chi connectivity index (χ4n) is 5.53. The topological polar surface area (TPSA) is 91.7 Å². The number of hydrogen-bond donors (Lipinski definition) is 3. The molecule has 0 amide bonds. The lowest BCUT2D eigenvalue weighted by atomic mass is 9.80. The molecule has 4 aromatic carbocycles. The summed E-state index contributed by atoms with van der Waals surface area (Å²) >= 11 is 13.2. The van der Waals surface area contributed by atoms with Crippen molar-refractivity contribution in [1.82, 2.24) is 0 Å². The first kappa shape index (κ1) is 35.9. The molecule has 254 valence electrons. The number of furan rings is 2. The normalized spacial score (nSPS) is 14.6. The molecule has 49 heavy (non-hydrogen) atoms. The molecule has 13 heteroatoms. The molecule has 6 aromatic rings. The standard InChI is InChI=1S/C18H16BrNO2S.C10H12BrNOS.C8H7BO3/c19-13-9-14(20-5-7-21-8-6-20)11-15(10-13)23-18-12-22-17-4-2-1-3-16(17)18;11-8-5-9(7-10(14)6-8)12-1-3-13-4-2-12;10-9(11)7-5-12-8-4-2-1-3-6(7)8/h1-4,9-12H,5-8H2;5-7,14H,1-4H2;1-5,10-11H. The molecule has 8 nitrogen and oxygen atoms in total. The van der Waals surface area contributed by atoms with Gasteiger partial charge in [0.1, 0.15) is 17.4 Å². The van der Waals surface area contributed by atoms with E-state index < -0.39 is 7.12 Å². The smallest absolute Gasteiger partial charge is 0.465 e. The summed E-state index contributed by atoms with van der Waals surface area (Å²) in [7, 11) is -1.46. The number of rotatable bonds is 5. The van der Waals surface area contributed by atoms with Crippen molar-refractivity contribution in [2.75, 3.05) is 62.4 Å². The third kappa shape index (κ3) is 9.68. The maximum Gasteiger partial charge on any atom is 0.492 e. The lowest BCUT2D eigenvalue weighted by Gasteiger charge is -2.29. The fraction of sp³-hybridized carbons (Fsp3) is 0.222. The molecule has 0 spiro atoms. The van der Waals surface area contributed by atoms with Crippen molar-refractivity contribution in [3.8, 4) is 0 Å². The Kier molecular flexibility index (Phi) is 12.7. The highest BCUT2D eigenvalue weighted by atomic mass is 79.9. The van der Waals surface area contributed by atoms with Gasteiger partial charge in [0.25, 0.3) is 0 Å². The second-order valence-electron chi connectivity index (χ2n) is 11.3. The van der Waals surface area contributed by atoms with Crippen LogP contribution in [0.4, 0.5) is 11.4 Å². The average molecular weight is 826 g/mol. The molecule has 0 bridgehead atoms. The summed E-state index contributed by atoms with van der Waals surface area (Å²) in [6, 6.07) is 28.1. The first-order valence-electron chi connectivity index (χ1n) is 15.8. The van der Waals surface area contributed by atoms with Crippen LogP contribution in [-0.4, -0.2) is 69.8 Å². The van der Waals surface area contributed by atoms with E-state index in [9.17, 15) is 0 Å². The quantitative estimate of drug-likeness (QED) is 0.119. The van der Waals surface area contributed by atoms with Crippen LogP contribution in [0.2, 0.25) is 0 Å². The van der Waals surface area contributed by atoms with E-state index in [-0.39, 0.29) is 0 Å². The number of para-hydroxylation sites is 2. The van der Waals surface area contributed by atoms with Gasteiger partial charge in [-0.2, -0.15) is 0 Å². The number of thiol groups is 1. The molecule has 0 saturated carbocycles. The van der Waals surface area contributed by atoms with E-state index in [1.54, 1.807) is 23.9 Å². The summed E-state index contributed by atoms with van der Waals surface area (Å²) in [5, 5.41) is 19.7. The van der Waals surface area contributed by atoms with Gasteiger partial charge < -0.3 is 38.2 Å². The van der Waals surface area contributed by atoms with Crippen LogP contribution in [0.5, 0.6) is 0 Å².